The maximum Gasteiger partial charge on any atom is 0.0985 e. The van der Waals surface area contributed by atoms with Gasteiger partial charge in [0.25, 0.3) is 0 Å². The molecule has 0 saturated carbocycles. The van der Waals surface area contributed by atoms with Gasteiger partial charge in [-0.1, -0.05) is 17.7 Å². The first-order valence-corrected chi connectivity index (χ1v) is 5.87. The van der Waals surface area contributed by atoms with Crippen LogP contribution in [0.3, 0.4) is 0 Å². The largest absolute Gasteiger partial charge is 0.372 e. The Morgan fingerprint density at radius 1 is 1.50 bits per heavy atom. The van der Waals surface area contributed by atoms with Gasteiger partial charge in [-0.15, -0.1) is 0 Å². The van der Waals surface area contributed by atoms with E-state index in [0.717, 1.165) is 35.6 Å². The van der Waals surface area contributed by atoms with Crippen molar-refractivity contribution >= 4 is 11.6 Å². The minimum Gasteiger partial charge on any atom is -0.372 e. The highest BCUT2D eigenvalue weighted by Gasteiger charge is 2.28. The molecule has 3 heteroatoms. The van der Waals surface area contributed by atoms with Crippen molar-refractivity contribution in [1.29, 1.82) is 5.26 Å². The monoisotopic (exact) mass is 235 g/mol. The van der Waals surface area contributed by atoms with Crippen LogP contribution < -0.4 is 0 Å². The van der Waals surface area contributed by atoms with Crippen molar-refractivity contribution in [2.24, 2.45) is 5.92 Å². The molecular weight excluding hydrogens is 222 g/mol. The van der Waals surface area contributed by atoms with Gasteiger partial charge in [0.2, 0.25) is 0 Å². The fraction of sp³-hybridized carbons (Fsp3) is 0.462. The van der Waals surface area contributed by atoms with Crippen LogP contribution in [0.5, 0.6) is 0 Å². The van der Waals surface area contributed by atoms with Crippen molar-refractivity contribution in [3.63, 3.8) is 0 Å². The summed E-state index contributed by atoms with van der Waals surface area (Å²) in [5, 5.41) is 9.84. The Bertz CT molecular complexity index is 424. The third-order valence-electron chi connectivity index (χ3n) is 3.03. The Morgan fingerprint density at radius 2 is 2.31 bits per heavy atom. The molecule has 2 rings (SSSR count). The summed E-state index contributed by atoms with van der Waals surface area (Å²) in [6.45, 7) is 2.75. The molecule has 0 aromatic heterocycles. The van der Waals surface area contributed by atoms with Gasteiger partial charge in [0.15, 0.2) is 0 Å². The summed E-state index contributed by atoms with van der Waals surface area (Å²) in [5.74, 6) is -0.0337. The maximum atomic E-state index is 9.11. The SMILES string of the molecule is Cc1cc(Cl)ccc1C1OCCCC1C#N. The number of ether oxygens (including phenoxy) is 1. The number of nitrogens with zero attached hydrogens (tertiary/aromatic N) is 1. The van der Waals surface area contributed by atoms with E-state index in [0.29, 0.717) is 0 Å². The van der Waals surface area contributed by atoms with E-state index in [9.17, 15) is 0 Å². The second kappa shape index (κ2) is 4.86. The van der Waals surface area contributed by atoms with Crippen molar-refractivity contribution < 1.29 is 4.74 Å². The van der Waals surface area contributed by atoms with Gasteiger partial charge < -0.3 is 4.74 Å². The average Bonchev–Trinajstić information content (AvgIpc) is 2.29. The van der Waals surface area contributed by atoms with E-state index < -0.39 is 0 Å². The van der Waals surface area contributed by atoms with Crippen molar-refractivity contribution in [3.05, 3.63) is 34.3 Å². The summed E-state index contributed by atoms with van der Waals surface area (Å²) in [5.41, 5.74) is 2.19. The lowest BCUT2D eigenvalue weighted by Crippen LogP contribution is -2.22. The van der Waals surface area contributed by atoms with Crippen LogP contribution in [-0.4, -0.2) is 6.61 Å². The quantitative estimate of drug-likeness (QED) is 0.745. The molecule has 1 aliphatic rings. The van der Waals surface area contributed by atoms with E-state index in [4.69, 9.17) is 21.6 Å². The van der Waals surface area contributed by atoms with Crippen LogP contribution >= 0.6 is 11.6 Å². The van der Waals surface area contributed by atoms with Crippen molar-refractivity contribution in [3.8, 4) is 6.07 Å². The predicted molar refractivity (Wildman–Crippen MR) is 63.2 cm³/mol. The normalized spacial score (nSPS) is 25.1. The first kappa shape index (κ1) is 11.4. The second-order valence-electron chi connectivity index (χ2n) is 4.17. The highest BCUT2D eigenvalue weighted by atomic mass is 35.5. The van der Waals surface area contributed by atoms with E-state index in [2.05, 4.69) is 6.07 Å². The molecule has 0 spiro atoms. The summed E-state index contributed by atoms with van der Waals surface area (Å²) >= 11 is 5.92. The van der Waals surface area contributed by atoms with Crippen LogP contribution in [0.2, 0.25) is 5.02 Å². The highest BCUT2D eigenvalue weighted by Crippen LogP contribution is 2.35. The van der Waals surface area contributed by atoms with E-state index in [1.807, 2.05) is 25.1 Å². The highest BCUT2D eigenvalue weighted by molar-refractivity contribution is 6.30. The first-order valence-electron chi connectivity index (χ1n) is 5.49. The molecule has 1 heterocycles. The topological polar surface area (TPSA) is 33.0 Å². The molecule has 0 amide bonds. The van der Waals surface area contributed by atoms with Crippen LogP contribution in [0, 0.1) is 24.2 Å². The van der Waals surface area contributed by atoms with Gasteiger partial charge in [0.05, 0.1) is 18.1 Å². The lowest BCUT2D eigenvalue weighted by Gasteiger charge is -2.28. The lowest BCUT2D eigenvalue weighted by molar-refractivity contribution is -0.0105. The van der Waals surface area contributed by atoms with Gasteiger partial charge in [0.1, 0.15) is 0 Å². The number of aryl methyl sites for hydroxylation is 1. The van der Waals surface area contributed by atoms with Crippen LogP contribution in [0.15, 0.2) is 18.2 Å². The standard InChI is InChI=1S/C13H14ClNO/c1-9-7-11(14)4-5-12(9)13-10(8-15)3-2-6-16-13/h4-5,7,10,13H,2-3,6H2,1H3. The van der Waals surface area contributed by atoms with Gasteiger partial charge in [-0.2, -0.15) is 5.26 Å². The summed E-state index contributed by atoms with van der Waals surface area (Å²) in [6, 6.07) is 8.08. The molecule has 0 bridgehead atoms. The number of nitriles is 1. The van der Waals surface area contributed by atoms with Gasteiger partial charge in [-0.3, -0.25) is 0 Å². The summed E-state index contributed by atoms with van der Waals surface area (Å²) in [4.78, 5) is 0. The minimum absolute atomic E-state index is 0.0337. The Labute approximate surface area is 101 Å². The van der Waals surface area contributed by atoms with Crippen molar-refractivity contribution in [2.75, 3.05) is 6.61 Å². The molecule has 0 N–H and O–H groups in total. The molecule has 2 nitrogen and oxygen atoms in total. The maximum absolute atomic E-state index is 9.11. The van der Waals surface area contributed by atoms with E-state index >= 15 is 0 Å². The number of rotatable bonds is 1. The number of benzene rings is 1. The number of halogens is 1. The zero-order chi connectivity index (χ0) is 11.5. The molecule has 1 fully saturated rings. The molecule has 2 atom stereocenters. The number of hydrogen-bond acceptors (Lipinski definition) is 2. The van der Waals surface area contributed by atoms with Crippen LogP contribution in [0.25, 0.3) is 0 Å². The van der Waals surface area contributed by atoms with Crippen LogP contribution in [0.1, 0.15) is 30.1 Å². The summed E-state index contributed by atoms with van der Waals surface area (Å²) in [6.07, 6.45) is 1.81. The average molecular weight is 236 g/mol. The minimum atomic E-state index is -0.0870. The molecule has 2 unspecified atom stereocenters. The van der Waals surface area contributed by atoms with E-state index in [1.54, 1.807) is 0 Å². The van der Waals surface area contributed by atoms with Gasteiger partial charge in [0, 0.05) is 11.6 Å². The van der Waals surface area contributed by atoms with E-state index in [1.165, 1.54) is 0 Å². The molecule has 1 aromatic rings. The van der Waals surface area contributed by atoms with Gasteiger partial charge in [-0.25, -0.2) is 0 Å². The third-order valence-corrected chi connectivity index (χ3v) is 3.26. The zero-order valence-electron chi connectivity index (χ0n) is 9.24. The third kappa shape index (κ3) is 2.21. The van der Waals surface area contributed by atoms with Crippen LogP contribution in [-0.2, 0) is 4.74 Å². The molecular formula is C13H14ClNO. The van der Waals surface area contributed by atoms with Crippen molar-refractivity contribution in [1.82, 2.24) is 0 Å². The zero-order valence-corrected chi connectivity index (χ0v) is 10.00. The van der Waals surface area contributed by atoms with E-state index in [-0.39, 0.29) is 12.0 Å². The Morgan fingerprint density at radius 3 is 3.00 bits per heavy atom. The summed E-state index contributed by atoms with van der Waals surface area (Å²) < 4.78 is 5.72. The molecule has 1 saturated heterocycles. The predicted octanol–water partition coefficient (Wildman–Crippen LogP) is 3.64. The van der Waals surface area contributed by atoms with Gasteiger partial charge in [-0.05, 0) is 43.0 Å². The molecule has 0 aliphatic carbocycles. The Balaban J connectivity index is 2.31. The van der Waals surface area contributed by atoms with Crippen LogP contribution in [0.4, 0.5) is 0 Å². The second-order valence-corrected chi connectivity index (χ2v) is 4.61. The molecule has 16 heavy (non-hydrogen) atoms. The Hall–Kier alpha value is -1.04. The van der Waals surface area contributed by atoms with Crippen molar-refractivity contribution in [2.45, 2.75) is 25.9 Å². The first-order chi connectivity index (χ1) is 7.72. The summed E-state index contributed by atoms with van der Waals surface area (Å²) in [7, 11) is 0. The Kier molecular flexibility index (Phi) is 3.48. The fourth-order valence-electron chi connectivity index (χ4n) is 2.18. The molecule has 1 aromatic carbocycles. The molecule has 84 valence electrons. The lowest BCUT2D eigenvalue weighted by atomic mass is 9.89. The fourth-order valence-corrected chi connectivity index (χ4v) is 2.40. The molecule has 1 aliphatic heterocycles. The number of hydrogen-bond donors (Lipinski definition) is 0. The van der Waals surface area contributed by atoms with Gasteiger partial charge >= 0.3 is 0 Å². The smallest absolute Gasteiger partial charge is 0.0985 e. The molecule has 0 radical (unpaired) electrons.